The van der Waals surface area contributed by atoms with Gasteiger partial charge < -0.3 is 4.57 Å². The first kappa shape index (κ1) is 34.7. The summed E-state index contributed by atoms with van der Waals surface area (Å²) in [6.45, 7) is 0.129. The van der Waals surface area contributed by atoms with Crippen molar-refractivity contribution in [2.75, 3.05) is 0 Å². The molecule has 1 atom stereocenters. The van der Waals surface area contributed by atoms with Crippen molar-refractivity contribution < 1.29 is 8.42 Å². The molecule has 0 N–H and O–H groups in total. The molecule has 0 radical (unpaired) electrons. The van der Waals surface area contributed by atoms with Crippen molar-refractivity contribution in [3.8, 4) is 6.07 Å². The van der Waals surface area contributed by atoms with Crippen LogP contribution in [0.1, 0.15) is 51.1 Å². The molecule has 8 rings (SSSR count). The predicted molar refractivity (Wildman–Crippen MR) is 214 cm³/mol. The molecule has 1 aliphatic rings. The quantitative estimate of drug-likeness (QED) is 0.139. The first-order valence-electron chi connectivity index (χ1n) is 18.0. The molecule has 1 aliphatic heterocycles. The molecule has 6 aromatic carbocycles. The van der Waals surface area contributed by atoms with Crippen molar-refractivity contribution in [1.29, 1.82) is 5.26 Å². The Balaban J connectivity index is 1.30. The maximum Gasteiger partial charge on any atom is 0.243 e. The lowest BCUT2D eigenvalue weighted by Crippen LogP contribution is -2.40. The Morgan fingerprint density at radius 2 is 1.26 bits per heavy atom. The average molecular weight is 723 g/mol. The van der Waals surface area contributed by atoms with E-state index in [9.17, 15) is 13.7 Å². The van der Waals surface area contributed by atoms with Crippen LogP contribution in [0.3, 0.4) is 0 Å². The Kier molecular flexibility index (Phi) is 9.62. The van der Waals surface area contributed by atoms with Crippen LogP contribution >= 0.6 is 0 Å². The Bertz CT molecular complexity index is 2450. The molecule has 0 saturated carbocycles. The monoisotopic (exact) mass is 722 g/mol. The van der Waals surface area contributed by atoms with Crippen molar-refractivity contribution in [3.63, 3.8) is 0 Å². The van der Waals surface area contributed by atoms with E-state index >= 15 is 0 Å². The number of imidazole rings is 1. The van der Waals surface area contributed by atoms with Gasteiger partial charge in [-0.3, -0.25) is 0 Å². The molecular formula is C47H38N4O2S. The molecule has 7 aromatic rings. The van der Waals surface area contributed by atoms with Crippen LogP contribution in [0.15, 0.2) is 187 Å². The topological polar surface area (TPSA) is 79.0 Å². The minimum atomic E-state index is -3.92. The van der Waals surface area contributed by atoms with Crippen LogP contribution in [0.25, 0.3) is 11.6 Å². The van der Waals surface area contributed by atoms with Crippen LogP contribution < -0.4 is 0 Å². The first-order chi connectivity index (χ1) is 26.5. The third-order valence-electron chi connectivity index (χ3n) is 10.3. The second-order valence-corrected chi connectivity index (χ2v) is 15.5. The molecule has 264 valence electrons. The van der Waals surface area contributed by atoms with Gasteiger partial charge in [-0.2, -0.15) is 9.57 Å². The summed E-state index contributed by atoms with van der Waals surface area (Å²) in [5.41, 5.74) is 7.45. The van der Waals surface area contributed by atoms with E-state index in [0.29, 0.717) is 18.4 Å². The third kappa shape index (κ3) is 6.58. The van der Waals surface area contributed by atoms with Crippen LogP contribution in [0.2, 0.25) is 0 Å². The standard InChI is InChI=1S/C47H38N4O2S/c48-32-37-26-27-46-38(31-44(29-36-16-6-1-7-17-36)51(33-39(46)28-37)54(52,53)45-24-14-5-15-25-45)30-43-34-50(35-49-43)47(40-18-8-2-9-19-40,41-20-10-3-11-21-41)42-22-12-4-13-23-42/h1-28,30,34-35,44H,29,31,33H2/t44-/m1/s1. The van der Waals surface area contributed by atoms with Gasteiger partial charge in [0.2, 0.25) is 10.0 Å². The number of fused-ring (bicyclic) bond motifs is 1. The van der Waals surface area contributed by atoms with Gasteiger partial charge in [0.15, 0.2) is 0 Å². The second kappa shape index (κ2) is 15.0. The maximum absolute atomic E-state index is 14.5. The zero-order valence-electron chi connectivity index (χ0n) is 29.6. The smallest absolute Gasteiger partial charge is 0.243 e. The molecule has 54 heavy (non-hydrogen) atoms. The summed E-state index contributed by atoms with van der Waals surface area (Å²) in [6.07, 6.45) is 7.01. The SMILES string of the molecule is N#Cc1ccc2c(c1)CN(S(=O)(=O)c1ccccc1)[C@H](Cc1ccccc1)CC2=Cc1cn(C(c2ccccc2)(c2ccccc2)c2ccccc2)cn1. The molecule has 0 amide bonds. The summed E-state index contributed by atoms with van der Waals surface area (Å²) in [4.78, 5) is 5.26. The number of nitrogens with zero attached hydrogens (tertiary/aromatic N) is 4. The fourth-order valence-corrected chi connectivity index (χ4v) is 9.46. The van der Waals surface area contributed by atoms with E-state index in [2.05, 4.69) is 95.7 Å². The van der Waals surface area contributed by atoms with E-state index in [-0.39, 0.29) is 11.4 Å². The van der Waals surface area contributed by atoms with Crippen molar-refractivity contribution in [2.24, 2.45) is 0 Å². The van der Waals surface area contributed by atoms with Crippen molar-refractivity contribution in [2.45, 2.75) is 35.9 Å². The number of rotatable bonds is 9. The number of aromatic nitrogens is 2. The first-order valence-corrected chi connectivity index (χ1v) is 19.5. The highest BCUT2D eigenvalue weighted by atomic mass is 32.2. The molecule has 2 heterocycles. The Morgan fingerprint density at radius 1 is 0.722 bits per heavy atom. The van der Waals surface area contributed by atoms with Gasteiger partial charge in [0.05, 0.1) is 28.5 Å². The van der Waals surface area contributed by atoms with Crippen molar-refractivity contribution in [1.82, 2.24) is 13.9 Å². The van der Waals surface area contributed by atoms with E-state index in [4.69, 9.17) is 4.98 Å². The molecule has 0 fully saturated rings. The summed E-state index contributed by atoms with van der Waals surface area (Å²) >= 11 is 0. The summed E-state index contributed by atoms with van der Waals surface area (Å²) in [7, 11) is -3.92. The lowest BCUT2D eigenvalue weighted by Gasteiger charge is -2.37. The Labute approximate surface area is 317 Å². The number of nitriles is 1. The van der Waals surface area contributed by atoms with Gasteiger partial charge in [0, 0.05) is 18.8 Å². The van der Waals surface area contributed by atoms with E-state index < -0.39 is 21.6 Å². The lowest BCUT2D eigenvalue weighted by atomic mass is 9.77. The Morgan fingerprint density at radius 3 is 1.81 bits per heavy atom. The van der Waals surface area contributed by atoms with Gasteiger partial charge in [0.1, 0.15) is 5.54 Å². The zero-order chi connectivity index (χ0) is 37.0. The molecule has 0 spiro atoms. The maximum atomic E-state index is 14.5. The number of sulfonamides is 1. The third-order valence-corrected chi connectivity index (χ3v) is 12.2. The number of benzene rings is 6. The summed E-state index contributed by atoms with van der Waals surface area (Å²) in [6, 6.07) is 57.5. The molecule has 0 saturated heterocycles. The van der Waals surface area contributed by atoms with Crippen LogP contribution in [0, 0.1) is 11.3 Å². The van der Waals surface area contributed by atoms with Gasteiger partial charge >= 0.3 is 0 Å². The zero-order valence-corrected chi connectivity index (χ0v) is 30.4. The fraction of sp³-hybridized carbons (Fsp3) is 0.106. The predicted octanol–water partition coefficient (Wildman–Crippen LogP) is 9.34. The van der Waals surface area contributed by atoms with Crippen LogP contribution in [0.4, 0.5) is 0 Å². The summed E-state index contributed by atoms with van der Waals surface area (Å²) in [5, 5.41) is 9.91. The fourth-order valence-electron chi connectivity index (χ4n) is 7.84. The molecule has 6 nitrogen and oxygen atoms in total. The largest absolute Gasteiger partial charge is 0.318 e. The normalized spacial score (nSPS) is 15.6. The van der Waals surface area contributed by atoms with Crippen molar-refractivity contribution >= 4 is 21.7 Å². The molecule has 1 aromatic heterocycles. The van der Waals surface area contributed by atoms with Crippen molar-refractivity contribution in [3.05, 3.63) is 227 Å². The highest BCUT2D eigenvalue weighted by molar-refractivity contribution is 7.89. The minimum absolute atomic E-state index is 0.129. The number of hydrogen-bond acceptors (Lipinski definition) is 4. The average Bonchev–Trinajstić information content (AvgIpc) is 3.63. The Hall–Kier alpha value is -6.33. The van der Waals surface area contributed by atoms with E-state index in [0.717, 1.165) is 44.6 Å². The second-order valence-electron chi connectivity index (χ2n) is 13.6. The van der Waals surface area contributed by atoms with Gasteiger partial charge in [-0.15, -0.1) is 0 Å². The van der Waals surface area contributed by atoms with Gasteiger partial charge in [0.25, 0.3) is 0 Å². The molecule has 0 aliphatic carbocycles. The minimum Gasteiger partial charge on any atom is -0.318 e. The van der Waals surface area contributed by atoms with Gasteiger partial charge in [-0.1, -0.05) is 146 Å². The van der Waals surface area contributed by atoms with Crippen LogP contribution in [0.5, 0.6) is 0 Å². The van der Waals surface area contributed by atoms with E-state index in [1.54, 1.807) is 28.6 Å². The number of hydrogen-bond donors (Lipinski definition) is 0. The summed E-state index contributed by atoms with van der Waals surface area (Å²) < 4.78 is 32.8. The summed E-state index contributed by atoms with van der Waals surface area (Å²) in [5.74, 6) is 0. The molecular weight excluding hydrogens is 685 g/mol. The van der Waals surface area contributed by atoms with E-state index in [1.807, 2.05) is 79.1 Å². The molecule has 0 unspecified atom stereocenters. The van der Waals surface area contributed by atoms with Gasteiger partial charge in [-0.05, 0) is 82.1 Å². The van der Waals surface area contributed by atoms with Gasteiger partial charge in [-0.25, -0.2) is 13.4 Å². The van der Waals surface area contributed by atoms with Crippen LogP contribution in [-0.2, 0) is 28.5 Å². The molecule has 0 bridgehead atoms. The molecule has 7 heteroatoms. The highest BCUT2D eigenvalue weighted by Gasteiger charge is 2.39. The van der Waals surface area contributed by atoms with Crippen LogP contribution in [-0.4, -0.2) is 28.3 Å². The lowest BCUT2D eigenvalue weighted by molar-refractivity contribution is 0.318. The van der Waals surface area contributed by atoms with E-state index in [1.165, 1.54) is 0 Å². The highest BCUT2D eigenvalue weighted by Crippen LogP contribution is 2.42.